The van der Waals surface area contributed by atoms with Crippen LogP contribution in [0, 0.1) is 13.8 Å². The monoisotopic (exact) mass is 177 g/mol. The summed E-state index contributed by atoms with van der Waals surface area (Å²) in [6, 6.07) is 1.89. The zero-order chi connectivity index (χ0) is 9.42. The summed E-state index contributed by atoms with van der Waals surface area (Å²) >= 11 is 0. The van der Waals surface area contributed by atoms with E-state index >= 15 is 0 Å². The van der Waals surface area contributed by atoms with Crippen LogP contribution in [0.1, 0.15) is 17.0 Å². The Morgan fingerprint density at radius 3 is 2.92 bits per heavy atom. The minimum atomic E-state index is -0.00815. The molecule has 2 rings (SSSR count). The summed E-state index contributed by atoms with van der Waals surface area (Å²) in [6.07, 6.45) is 1.85. The molecule has 4 heteroatoms. The molecule has 0 aliphatic carbocycles. The molecule has 1 N–H and O–H groups in total. The van der Waals surface area contributed by atoms with E-state index in [0.29, 0.717) is 0 Å². The van der Waals surface area contributed by atoms with E-state index in [-0.39, 0.29) is 6.61 Å². The predicted molar refractivity (Wildman–Crippen MR) is 48.4 cm³/mol. The number of hydrogen-bond donors (Lipinski definition) is 1. The van der Waals surface area contributed by atoms with Gasteiger partial charge in [0.2, 0.25) is 0 Å². The number of rotatable bonds is 1. The molecule has 0 aliphatic heterocycles. The first-order valence-electron chi connectivity index (χ1n) is 4.14. The number of nitrogens with zero attached hydrogens (tertiary/aromatic N) is 3. The van der Waals surface area contributed by atoms with Gasteiger partial charge in [-0.15, -0.1) is 0 Å². The molecule has 2 aromatic heterocycles. The van der Waals surface area contributed by atoms with Crippen molar-refractivity contribution in [3.8, 4) is 0 Å². The molecule has 0 bridgehead atoms. The second kappa shape index (κ2) is 2.81. The maximum Gasteiger partial charge on any atom is 0.160 e. The molecule has 68 valence electrons. The molecule has 13 heavy (non-hydrogen) atoms. The third-order valence-corrected chi connectivity index (χ3v) is 2.08. The molecule has 0 saturated heterocycles. The van der Waals surface area contributed by atoms with Crippen molar-refractivity contribution < 1.29 is 5.11 Å². The molecule has 2 aromatic rings. The van der Waals surface area contributed by atoms with E-state index in [2.05, 4.69) is 10.1 Å². The number of hydrogen-bond acceptors (Lipinski definition) is 3. The summed E-state index contributed by atoms with van der Waals surface area (Å²) in [5, 5.41) is 13.3. The van der Waals surface area contributed by atoms with Crippen LogP contribution >= 0.6 is 0 Å². The smallest absolute Gasteiger partial charge is 0.160 e. The highest BCUT2D eigenvalue weighted by Gasteiger charge is 2.08. The fourth-order valence-corrected chi connectivity index (χ4v) is 1.36. The average Bonchev–Trinajstić information content (AvgIpc) is 2.40. The van der Waals surface area contributed by atoms with E-state index in [9.17, 15) is 0 Å². The predicted octanol–water partition coefficient (Wildman–Crippen LogP) is 0.838. The van der Waals surface area contributed by atoms with Crippen LogP contribution in [0.5, 0.6) is 0 Å². The van der Waals surface area contributed by atoms with Crippen molar-refractivity contribution in [2.75, 3.05) is 0 Å². The minimum Gasteiger partial charge on any atom is -0.391 e. The quantitative estimate of drug-likeness (QED) is 0.702. The van der Waals surface area contributed by atoms with Crippen molar-refractivity contribution in [1.29, 1.82) is 0 Å². The lowest BCUT2D eigenvalue weighted by atomic mass is 10.2. The summed E-state index contributed by atoms with van der Waals surface area (Å²) in [7, 11) is 0. The van der Waals surface area contributed by atoms with E-state index in [1.54, 1.807) is 4.52 Å². The van der Waals surface area contributed by atoms with E-state index in [0.717, 1.165) is 22.6 Å². The van der Waals surface area contributed by atoms with Crippen molar-refractivity contribution in [2.45, 2.75) is 20.5 Å². The Morgan fingerprint density at radius 1 is 1.46 bits per heavy atom. The average molecular weight is 177 g/mol. The van der Waals surface area contributed by atoms with Gasteiger partial charge in [0.1, 0.15) is 0 Å². The largest absolute Gasteiger partial charge is 0.391 e. The highest BCUT2D eigenvalue weighted by atomic mass is 16.3. The van der Waals surface area contributed by atoms with Gasteiger partial charge >= 0.3 is 0 Å². The van der Waals surface area contributed by atoms with Crippen LogP contribution in [0.25, 0.3) is 5.65 Å². The maximum atomic E-state index is 9.10. The number of aryl methyl sites for hydroxylation is 2. The number of aliphatic hydroxyl groups excluding tert-OH is 1. The second-order valence-electron chi connectivity index (χ2n) is 3.06. The molecule has 0 atom stereocenters. The molecule has 0 spiro atoms. The third kappa shape index (κ3) is 1.19. The summed E-state index contributed by atoms with van der Waals surface area (Å²) in [4.78, 5) is 4.31. The van der Waals surface area contributed by atoms with Crippen molar-refractivity contribution in [2.24, 2.45) is 0 Å². The fourth-order valence-electron chi connectivity index (χ4n) is 1.36. The molecule has 4 nitrogen and oxygen atoms in total. The summed E-state index contributed by atoms with van der Waals surface area (Å²) < 4.78 is 1.69. The van der Waals surface area contributed by atoms with Crippen LogP contribution < -0.4 is 0 Å². The first-order chi connectivity index (χ1) is 6.22. The van der Waals surface area contributed by atoms with Crippen LogP contribution in [-0.4, -0.2) is 19.7 Å². The molecule has 0 aliphatic rings. The van der Waals surface area contributed by atoms with Gasteiger partial charge in [-0.2, -0.15) is 5.10 Å². The molecule has 2 heterocycles. The molecular weight excluding hydrogens is 166 g/mol. The Labute approximate surface area is 75.8 Å². The molecule has 0 unspecified atom stereocenters. The number of aromatic nitrogens is 3. The Bertz CT molecular complexity index is 447. The van der Waals surface area contributed by atoms with Crippen LogP contribution in [0.15, 0.2) is 12.3 Å². The molecule has 0 amide bonds. The van der Waals surface area contributed by atoms with Crippen LogP contribution in [-0.2, 0) is 6.61 Å². The Hall–Kier alpha value is -1.42. The van der Waals surface area contributed by atoms with Gasteiger partial charge in [0, 0.05) is 17.5 Å². The first-order valence-corrected chi connectivity index (χ1v) is 4.14. The lowest BCUT2D eigenvalue weighted by molar-refractivity contribution is 0.282. The van der Waals surface area contributed by atoms with E-state index < -0.39 is 0 Å². The zero-order valence-electron chi connectivity index (χ0n) is 7.65. The lowest BCUT2D eigenvalue weighted by Crippen LogP contribution is -1.92. The number of fused-ring (bicyclic) bond motifs is 1. The van der Waals surface area contributed by atoms with Crippen LogP contribution in [0.4, 0.5) is 0 Å². The third-order valence-electron chi connectivity index (χ3n) is 2.08. The van der Waals surface area contributed by atoms with Crippen molar-refractivity contribution in [3.05, 3.63) is 29.2 Å². The van der Waals surface area contributed by atoms with E-state index in [1.165, 1.54) is 0 Å². The fraction of sp³-hybridized carbons (Fsp3) is 0.333. The van der Waals surface area contributed by atoms with Crippen molar-refractivity contribution in [1.82, 2.24) is 14.6 Å². The van der Waals surface area contributed by atoms with Gasteiger partial charge in [0.15, 0.2) is 5.65 Å². The van der Waals surface area contributed by atoms with Gasteiger partial charge in [-0.05, 0) is 19.9 Å². The van der Waals surface area contributed by atoms with Gasteiger partial charge in [-0.25, -0.2) is 9.50 Å². The highest BCUT2D eigenvalue weighted by Crippen LogP contribution is 2.12. The van der Waals surface area contributed by atoms with Crippen LogP contribution in [0.3, 0.4) is 0 Å². The molecule has 0 saturated carbocycles. The normalized spacial score (nSPS) is 11.0. The lowest BCUT2D eigenvalue weighted by Gasteiger charge is -1.95. The van der Waals surface area contributed by atoms with Gasteiger partial charge in [0.05, 0.1) is 12.3 Å². The topological polar surface area (TPSA) is 50.4 Å². The van der Waals surface area contributed by atoms with Gasteiger partial charge in [-0.1, -0.05) is 0 Å². The molecule has 0 radical (unpaired) electrons. The van der Waals surface area contributed by atoms with Gasteiger partial charge in [0.25, 0.3) is 0 Å². The van der Waals surface area contributed by atoms with E-state index in [4.69, 9.17) is 5.11 Å². The summed E-state index contributed by atoms with van der Waals surface area (Å²) in [5.41, 5.74) is 3.33. The Balaban J connectivity index is 2.80. The first kappa shape index (κ1) is 8.19. The van der Waals surface area contributed by atoms with Crippen LogP contribution in [0.2, 0.25) is 0 Å². The maximum absolute atomic E-state index is 9.10. The molecule has 0 aromatic carbocycles. The zero-order valence-corrected chi connectivity index (χ0v) is 7.65. The SMILES string of the molecule is Cc1ccn2nc(C)c(CO)c2n1. The van der Waals surface area contributed by atoms with E-state index in [1.807, 2.05) is 26.1 Å². The Morgan fingerprint density at radius 2 is 2.23 bits per heavy atom. The molecular formula is C9H11N3O. The van der Waals surface area contributed by atoms with Gasteiger partial charge in [-0.3, -0.25) is 0 Å². The Kier molecular flexibility index (Phi) is 1.77. The second-order valence-corrected chi connectivity index (χ2v) is 3.06. The molecule has 0 fully saturated rings. The standard InChI is InChI=1S/C9H11N3O/c1-6-3-4-12-9(10-6)8(5-13)7(2)11-12/h3-4,13H,5H2,1-2H3. The van der Waals surface area contributed by atoms with Gasteiger partial charge < -0.3 is 5.11 Å². The summed E-state index contributed by atoms with van der Waals surface area (Å²) in [6.45, 7) is 3.78. The summed E-state index contributed by atoms with van der Waals surface area (Å²) in [5.74, 6) is 0. The number of aliphatic hydroxyl groups is 1. The van der Waals surface area contributed by atoms with Crippen molar-refractivity contribution in [3.63, 3.8) is 0 Å². The minimum absolute atomic E-state index is 0.00815. The highest BCUT2D eigenvalue weighted by molar-refractivity contribution is 5.49. The van der Waals surface area contributed by atoms with Crippen molar-refractivity contribution >= 4 is 5.65 Å².